The third-order valence-electron chi connectivity index (χ3n) is 3.42. The van der Waals surface area contributed by atoms with Crippen LogP contribution in [-0.2, 0) is 0 Å². The zero-order valence-electron chi connectivity index (χ0n) is 13.5. The number of amides is 1. The number of aryl methyl sites for hydroxylation is 1. The van der Waals surface area contributed by atoms with Gasteiger partial charge in [-0.15, -0.1) is 0 Å². The summed E-state index contributed by atoms with van der Waals surface area (Å²) in [5, 5.41) is 12.4. The molecule has 2 N–H and O–H groups in total. The van der Waals surface area contributed by atoms with Gasteiger partial charge in [-0.1, -0.05) is 6.07 Å². The summed E-state index contributed by atoms with van der Waals surface area (Å²) < 4.78 is 15.8. The molecule has 2 aromatic carbocycles. The Labute approximate surface area is 134 Å². The van der Waals surface area contributed by atoms with Crippen LogP contribution in [0.3, 0.4) is 0 Å². The van der Waals surface area contributed by atoms with Gasteiger partial charge >= 0.3 is 0 Å². The maximum atomic E-state index is 12.5. The monoisotopic (exact) mass is 317 g/mol. The highest BCUT2D eigenvalue weighted by Crippen LogP contribution is 2.40. The quantitative estimate of drug-likeness (QED) is 0.886. The molecule has 0 saturated carbocycles. The molecule has 2 rings (SSSR count). The number of aromatic hydroxyl groups is 1. The van der Waals surface area contributed by atoms with Crippen LogP contribution >= 0.6 is 0 Å². The number of ether oxygens (including phenoxy) is 3. The second kappa shape index (κ2) is 6.91. The molecule has 0 aromatic heterocycles. The lowest BCUT2D eigenvalue weighted by molar-refractivity contribution is 0.102. The Bertz CT molecular complexity index is 727. The Morgan fingerprint density at radius 1 is 1.00 bits per heavy atom. The Morgan fingerprint density at radius 3 is 2.26 bits per heavy atom. The number of carbonyl (C=O) groups excluding carboxylic acids is 1. The van der Waals surface area contributed by atoms with Gasteiger partial charge in [0.2, 0.25) is 5.75 Å². The molecule has 0 atom stereocenters. The number of rotatable bonds is 5. The molecule has 6 heteroatoms. The number of hydrogen-bond donors (Lipinski definition) is 2. The second-order valence-corrected chi connectivity index (χ2v) is 4.84. The topological polar surface area (TPSA) is 77.0 Å². The number of phenolic OH excluding ortho intramolecular Hbond substituents is 1. The lowest BCUT2D eigenvalue weighted by Gasteiger charge is -2.15. The molecule has 0 radical (unpaired) electrons. The molecule has 0 spiro atoms. The highest BCUT2D eigenvalue weighted by Gasteiger charge is 2.20. The average Bonchev–Trinajstić information content (AvgIpc) is 2.56. The molecule has 6 nitrogen and oxygen atoms in total. The van der Waals surface area contributed by atoms with Crippen LogP contribution in [0.1, 0.15) is 15.9 Å². The normalized spacial score (nSPS) is 10.1. The maximum absolute atomic E-state index is 12.5. The smallest absolute Gasteiger partial charge is 0.259 e. The number of carbonyl (C=O) groups is 1. The van der Waals surface area contributed by atoms with Gasteiger partial charge in [-0.25, -0.2) is 0 Å². The summed E-state index contributed by atoms with van der Waals surface area (Å²) in [5.74, 6) is 0.817. The van der Waals surface area contributed by atoms with E-state index in [9.17, 15) is 9.90 Å². The molecule has 0 aliphatic heterocycles. The number of benzene rings is 2. The van der Waals surface area contributed by atoms with E-state index in [1.807, 2.05) is 0 Å². The highest BCUT2D eigenvalue weighted by molar-refractivity contribution is 6.07. The number of phenols is 1. The predicted molar refractivity (Wildman–Crippen MR) is 86.9 cm³/mol. The molecule has 0 bridgehead atoms. The van der Waals surface area contributed by atoms with Gasteiger partial charge in [-0.05, 0) is 30.7 Å². The number of anilines is 1. The summed E-state index contributed by atoms with van der Waals surface area (Å²) in [7, 11) is 4.43. The highest BCUT2D eigenvalue weighted by atomic mass is 16.5. The summed E-state index contributed by atoms with van der Waals surface area (Å²) >= 11 is 0. The van der Waals surface area contributed by atoms with Crippen molar-refractivity contribution < 1.29 is 24.1 Å². The average molecular weight is 317 g/mol. The van der Waals surface area contributed by atoms with Gasteiger partial charge in [0.05, 0.1) is 26.9 Å². The van der Waals surface area contributed by atoms with Crippen molar-refractivity contribution in [2.45, 2.75) is 6.92 Å². The summed E-state index contributed by atoms with van der Waals surface area (Å²) in [6.45, 7) is 1.78. The SMILES string of the molecule is COc1ccc(C(=O)Nc2ccc(C)c(O)c2)c(OC)c1OC. The fourth-order valence-corrected chi connectivity index (χ4v) is 2.17. The van der Waals surface area contributed by atoms with Gasteiger partial charge in [0.1, 0.15) is 5.75 Å². The Balaban J connectivity index is 2.37. The Morgan fingerprint density at radius 2 is 1.70 bits per heavy atom. The van der Waals surface area contributed by atoms with E-state index in [1.54, 1.807) is 31.2 Å². The first-order chi connectivity index (χ1) is 11.0. The van der Waals surface area contributed by atoms with Crippen LogP contribution < -0.4 is 19.5 Å². The van der Waals surface area contributed by atoms with Crippen molar-refractivity contribution in [3.05, 3.63) is 41.5 Å². The lowest BCUT2D eigenvalue weighted by atomic mass is 10.1. The standard InChI is InChI=1S/C17H19NO5/c1-10-5-6-11(9-13(10)19)18-17(20)12-7-8-14(21-2)16(23-4)15(12)22-3/h5-9,19H,1-4H3,(H,18,20). The van der Waals surface area contributed by atoms with Crippen LogP contribution in [-0.4, -0.2) is 32.3 Å². The molecule has 0 fully saturated rings. The van der Waals surface area contributed by atoms with E-state index in [0.29, 0.717) is 22.7 Å². The van der Waals surface area contributed by atoms with Crippen molar-refractivity contribution in [3.8, 4) is 23.0 Å². The van der Waals surface area contributed by atoms with Crippen LogP contribution in [0.2, 0.25) is 0 Å². The molecular weight excluding hydrogens is 298 g/mol. The van der Waals surface area contributed by atoms with Gasteiger partial charge in [0.25, 0.3) is 5.91 Å². The van der Waals surface area contributed by atoms with Crippen molar-refractivity contribution >= 4 is 11.6 Å². The van der Waals surface area contributed by atoms with E-state index < -0.39 is 0 Å². The van der Waals surface area contributed by atoms with E-state index in [0.717, 1.165) is 5.56 Å². The Hall–Kier alpha value is -2.89. The third-order valence-corrected chi connectivity index (χ3v) is 3.42. The number of hydrogen-bond acceptors (Lipinski definition) is 5. The molecule has 0 heterocycles. The fourth-order valence-electron chi connectivity index (χ4n) is 2.17. The number of nitrogens with one attached hydrogen (secondary N) is 1. The van der Waals surface area contributed by atoms with Gasteiger partial charge < -0.3 is 24.6 Å². The van der Waals surface area contributed by atoms with Crippen LogP contribution in [0.5, 0.6) is 23.0 Å². The van der Waals surface area contributed by atoms with E-state index in [1.165, 1.54) is 27.4 Å². The van der Waals surface area contributed by atoms with Crippen LogP contribution in [0, 0.1) is 6.92 Å². The minimum Gasteiger partial charge on any atom is -0.508 e. The molecule has 0 unspecified atom stereocenters. The molecule has 2 aromatic rings. The molecule has 0 aliphatic rings. The molecule has 23 heavy (non-hydrogen) atoms. The summed E-state index contributed by atoms with van der Waals surface area (Å²) in [5.41, 5.74) is 1.51. The van der Waals surface area contributed by atoms with Crippen molar-refractivity contribution in [2.24, 2.45) is 0 Å². The summed E-state index contributed by atoms with van der Waals surface area (Å²) in [6, 6.07) is 8.13. The number of methoxy groups -OCH3 is 3. The summed E-state index contributed by atoms with van der Waals surface area (Å²) in [4.78, 5) is 12.5. The first-order valence-electron chi connectivity index (χ1n) is 6.91. The molecule has 0 saturated heterocycles. The lowest BCUT2D eigenvalue weighted by Crippen LogP contribution is -2.14. The minimum absolute atomic E-state index is 0.113. The minimum atomic E-state index is -0.383. The van der Waals surface area contributed by atoms with Crippen LogP contribution in [0.4, 0.5) is 5.69 Å². The fraction of sp³-hybridized carbons (Fsp3) is 0.235. The molecule has 0 aliphatic carbocycles. The van der Waals surface area contributed by atoms with Gasteiger partial charge in [-0.2, -0.15) is 0 Å². The van der Waals surface area contributed by atoms with Gasteiger partial charge in [-0.3, -0.25) is 4.79 Å². The van der Waals surface area contributed by atoms with Gasteiger partial charge in [0, 0.05) is 11.8 Å². The second-order valence-electron chi connectivity index (χ2n) is 4.84. The van der Waals surface area contributed by atoms with E-state index >= 15 is 0 Å². The Kier molecular flexibility index (Phi) is 4.95. The summed E-state index contributed by atoms with van der Waals surface area (Å²) in [6.07, 6.45) is 0. The molecular formula is C17H19NO5. The zero-order valence-corrected chi connectivity index (χ0v) is 13.5. The van der Waals surface area contributed by atoms with Crippen LogP contribution in [0.25, 0.3) is 0 Å². The van der Waals surface area contributed by atoms with Gasteiger partial charge in [0.15, 0.2) is 11.5 Å². The van der Waals surface area contributed by atoms with E-state index in [-0.39, 0.29) is 17.4 Å². The van der Waals surface area contributed by atoms with Crippen LogP contribution in [0.15, 0.2) is 30.3 Å². The van der Waals surface area contributed by atoms with Crippen molar-refractivity contribution in [1.82, 2.24) is 0 Å². The molecule has 122 valence electrons. The predicted octanol–water partition coefficient (Wildman–Crippen LogP) is 2.98. The first-order valence-corrected chi connectivity index (χ1v) is 6.91. The third kappa shape index (κ3) is 3.31. The molecule has 1 amide bonds. The van der Waals surface area contributed by atoms with Crippen molar-refractivity contribution in [2.75, 3.05) is 26.6 Å². The van der Waals surface area contributed by atoms with Crippen molar-refractivity contribution in [3.63, 3.8) is 0 Å². The maximum Gasteiger partial charge on any atom is 0.259 e. The largest absolute Gasteiger partial charge is 0.508 e. The zero-order chi connectivity index (χ0) is 17.0. The first kappa shape index (κ1) is 16.5. The van der Waals surface area contributed by atoms with E-state index in [2.05, 4.69) is 5.32 Å². The van der Waals surface area contributed by atoms with E-state index in [4.69, 9.17) is 14.2 Å². The van der Waals surface area contributed by atoms with Crippen molar-refractivity contribution in [1.29, 1.82) is 0 Å².